The molecule has 1 aromatic carbocycles. The molecule has 0 bridgehead atoms. The van der Waals surface area contributed by atoms with Gasteiger partial charge >= 0.3 is 6.18 Å². The first-order valence-corrected chi connectivity index (χ1v) is 8.02. The van der Waals surface area contributed by atoms with E-state index in [-0.39, 0.29) is 0 Å². The second-order valence-corrected chi connectivity index (χ2v) is 6.28. The summed E-state index contributed by atoms with van der Waals surface area (Å²) in [4.78, 5) is 9.72. The number of rotatable bonds is 3. The molecular formula is C16H14F3N3S. The van der Waals surface area contributed by atoms with E-state index < -0.39 is 11.7 Å². The number of benzene rings is 1. The lowest BCUT2D eigenvalue weighted by Gasteiger charge is -2.07. The minimum atomic E-state index is -4.37. The largest absolute Gasteiger partial charge is 0.416 e. The highest BCUT2D eigenvalue weighted by molar-refractivity contribution is 7.99. The lowest BCUT2D eigenvalue weighted by atomic mass is 10.2. The fourth-order valence-corrected chi connectivity index (χ4v) is 3.18. The van der Waals surface area contributed by atoms with Crippen LogP contribution in [0.3, 0.4) is 0 Å². The van der Waals surface area contributed by atoms with Crippen molar-refractivity contribution in [3.05, 3.63) is 42.1 Å². The van der Waals surface area contributed by atoms with Crippen molar-refractivity contribution in [1.82, 2.24) is 14.5 Å². The molecule has 0 spiro atoms. The molecule has 0 amide bonds. The summed E-state index contributed by atoms with van der Waals surface area (Å²) in [5, 5.41) is 0. The summed E-state index contributed by atoms with van der Waals surface area (Å²) in [5.41, 5.74) is 0.951. The smallest absolute Gasteiger partial charge is 0.326 e. The average Bonchev–Trinajstić information content (AvgIpc) is 2.84. The topological polar surface area (TPSA) is 30.7 Å². The van der Waals surface area contributed by atoms with Crippen LogP contribution in [0.2, 0.25) is 0 Å². The molecule has 23 heavy (non-hydrogen) atoms. The number of halogens is 3. The van der Waals surface area contributed by atoms with Gasteiger partial charge in [-0.2, -0.15) is 13.2 Å². The van der Waals surface area contributed by atoms with E-state index in [4.69, 9.17) is 0 Å². The molecule has 0 saturated heterocycles. The summed E-state index contributed by atoms with van der Waals surface area (Å²) in [5.74, 6) is 1.44. The maximum absolute atomic E-state index is 12.9. The van der Waals surface area contributed by atoms with Crippen molar-refractivity contribution in [3.63, 3.8) is 0 Å². The van der Waals surface area contributed by atoms with Gasteiger partial charge in [0.25, 0.3) is 0 Å². The van der Waals surface area contributed by atoms with Gasteiger partial charge in [0.2, 0.25) is 0 Å². The van der Waals surface area contributed by atoms with Crippen molar-refractivity contribution < 1.29 is 13.2 Å². The molecule has 0 N–H and O–H groups in total. The first-order chi connectivity index (χ1) is 10.9. The highest BCUT2D eigenvalue weighted by Gasteiger charge is 2.31. The first-order valence-electron chi connectivity index (χ1n) is 7.03. The van der Waals surface area contributed by atoms with Crippen molar-refractivity contribution in [2.45, 2.75) is 18.0 Å². The quantitative estimate of drug-likeness (QED) is 0.645. The predicted molar refractivity (Wildman–Crippen MR) is 85.3 cm³/mol. The van der Waals surface area contributed by atoms with Gasteiger partial charge in [-0.25, -0.2) is 4.98 Å². The Balaban J connectivity index is 2.18. The third-order valence-electron chi connectivity index (χ3n) is 3.49. The van der Waals surface area contributed by atoms with Crippen LogP contribution >= 0.6 is 11.8 Å². The molecule has 0 aliphatic carbocycles. The molecule has 2 aromatic heterocycles. The Morgan fingerprint density at radius 2 is 2.00 bits per heavy atom. The van der Waals surface area contributed by atoms with E-state index in [2.05, 4.69) is 9.97 Å². The number of nitrogens with zero attached hydrogens (tertiary/aromatic N) is 3. The summed E-state index contributed by atoms with van der Waals surface area (Å²) in [7, 11) is 1.78. The average molecular weight is 337 g/mol. The van der Waals surface area contributed by atoms with Crippen LogP contribution in [0.15, 0.2) is 41.4 Å². The number of fused-ring (bicyclic) bond motifs is 1. The second kappa shape index (κ2) is 5.88. The highest BCUT2D eigenvalue weighted by Crippen LogP contribution is 2.34. The van der Waals surface area contributed by atoms with E-state index in [9.17, 15) is 13.2 Å². The number of imidazole rings is 1. The van der Waals surface area contributed by atoms with Crippen molar-refractivity contribution in [1.29, 1.82) is 0 Å². The van der Waals surface area contributed by atoms with Crippen molar-refractivity contribution in [2.75, 3.05) is 5.75 Å². The monoisotopic (exact) mass is 337 g/mol. The Kier molecular flexibility index (Phi) is 4.06. The van der Waals surface area contributed by atoms with Gasteiger partial charge < -0.3 is 4.57 Å². The number of aryl methyl sites for hydroxylation is 1. The minimum Gasteiger partial charge on any atom is -0.326 e. The van der Waals surface area contributed by atoms with Crippen LogP contribution in [0, 0.1) is 0 Å². The minimum absolute atomic E-state index is 0.315. The van der Waals surface area contributed by atoms with E-state index in [1.807, 2.05) is 19.1 Å². The van der Waals surface area contributed by atoms with Crippen molar-refractivity contribution >= 4 is 22.8 Å². The summed E-state index contributed by atoms with van der Waals surface area (Å²) < 4.78 is 40.4. The molecule has 120 valence electrons. The SMILES string of the molecule is CCSc1cccnc1-c1nc2cc(C(F)(F)F)ccc2n1C. The molecule has 3 nitrogen and oxygen atoms in total. The van der Waals surface area contributed by atoms with Crippen LogP contribution in [0.4, 0.5) is 13.2 Å². The van der Waals surface area contributed by atoms with Gasteiger partial charge in [-0.1, -0.05) is 6.92 Å². The predicted octanol–water partition coefficient (Wildman–Crippen LogP) is 4.77. The summed E-state index contributed by atoms with van der Waals surface area (Å²) >= 11 is 1.63. The summed E-state index contributed by atoms with van der Waals surface area (Å²) in [6.07, 6.45) is -2.71. The standard InChI is InChI=1S/C16H14F3N3S/c1-3-23-13-5-4-8-20-14(13)15-21-11-9-10(16(17,18)19)6-7-12(11)22(15)2/h4-9H,3H2,1-2H3. The zero-order chi connectivity index (χ0) is 16.6. The van der Waals surface area contributed by atoms with Gasteiger partial charge in [-0.3, -0.25) is 4.98 Å². The summed E-state index contributed by atoms with van der Waals surface area (Å²) in [6, 6.07) is 7.38. The third kappa shape index (κ3) is 2.93. The number of alkyl halides is 3. The Hall–Kier alpha value is -2.02. The molecular weight excluding hydrogens is 323 g/mol. The van der Waals surface area contributed by atoms with E-state index >= 15 is 0 Å². The van der Waals surface area contributed by atoms with Gasteiger partial charge in [0.1, 0.15) is 5.69 Å². The van der Waals surface area contributed by atoms with Gasteiger partial charge in [0, 0.05) is 18.1 Å². The van der Waals surface area contributed by atoms with E-state index in [0.29, 0.717) is 22.6 Å². The van der Waals surface area contributed by atoms with Gasteiger partial charge in [-0.15, -0.1) is 11.8 Å². The number of pyridine rings is 1. The first kappa shape index (κ1) is 15.9. The Morgan fingerprint density at radius 3 is 2.70 bits per heavy atom. The molecule has 0 atom stereocenters. The van der Waals surface area contributed by atoms with Crippen molar-refractivity contribution in [3.8, 4) is 11.5 Å². The zero-order valence-corrected chi connectivity index (χ0v) is 13.4. The molecule has 0 aliphatic heterocycles. The van der Waals surface area contributed by atoms with Crippen LogP contribution in [0.25, 0.3) is 22.6 Å². The van der Waals surface area contributed by atoms with E-state index in [1.54, 1.807) is 29.6 Å². The maximum Gasteiger partial charge on any atom is 0.416 e. The molecule has 0 unspecified atom stereocenters. The summed E-state index contributed by atoms with van der Waals surface area (Å²) in [6.45, 7) is 2.03. The zero-order valence-electron chi connectivity index (χ0n) is 12.6. The van der Waals surface area contributed by atoms with Crippen LogP contribution in [-0.2, 0) is 13.2 Å². The van der Waals surface area contributed by atoms with Crippen LogP contribution in [0.5, 0.6) is 0 Å². The molecule has 3 rings (SSSR count). The second-order valence-electron chi connectivity index (χ2n) is 4.98. The van der Waals surface area contributed by atoms with Crippen LogP contribution < -0.4 is 0 Å². The normalized spacial score (nSPS) is 12.0. The highest BCUT2D eigenvalue weighted by atomic mass is 32.2. The molecule has 0 aliphatic rings. The Morgan fingerprint density at radius 1 is 1.22 bits per heavy atom. The van der Waals surface area contributed by atoms with Crippen LogP contribution in [0.1, 0.15) is 12.5 Å². The maximum atomic E-state index is 12.9. The Labute approximate surface area is 135 Å². The molecule has 3 aromatic rings. The molecule has 7 heteroatoms. The van der Waals surface area contributed by atoms with Gasteiger partial charge in [0.15, 0.2) is 5.82 Å². The molecule has 2 heterocycles. The van der Waals surface area contributed by atoms with Gasteiger partial charge in [0.05, 0.1) is 16.6 Å². The number of thioether (sulfide) groups is 1. The fourth-order valence-electron chi connectivity index (χ4n) is 2.42. The third-order valence-corrected chi connectivity index (χ3v) is 4.42. The Bertz CT molecular complexity index is 855. The van der Waals surface area contributed by atoms with E-state index in [1.165, 1.54) is 6.07 Å². The molecule has 0 radical (unpaired) electrons. The number of hydrogen-bond acceptors (Lipinski definition) is 3. The van der Waals surface area contributed by atoms with Gasteiger partial charge in [-0.05, 0) is 36.1 Å². The molecule has 0 fully saturated rings. The van der Waals surface area contributed by atoms with Crippen molar-refractivity contribution in [2.24, 2.45) is 7.05 Å². The fraction of sp³-hybridized carbons (Fsp3) is 0.250. The number of aromatic nitrogens is 3. The lowest BCUT2D eigenvalue weighted by molar-refractivity contribution is -0.137. The number of hydrogen-bond donors (Lipinski definition) is 0. The molecule has 0 saturated carbocycles. The van der Waals surface area contributed by atoms with Crippen LogP contribution in [-0.4, -0.2) is 20.3 Å². The van der Waals surface area contributed by atoms with E-state index in [0.717, 1.165) is 22.8 Å². The lowest BCUT2D eigenvalue weighted by Crippen LogP contribution is -2.04.